The third-order valence-corrected chi connectivity index (χ3v) is 4.65. The molecule has 0 bridgehead atoms. The molecule has 1 saturated heterocycles. The number of carbonyl (C=O) groups excluding carboxylic acids is 2. The second kappa shape index (κ2) is 6.86. The minimum atomic E-state index is -0.502. The van der Waals surface area contributed by atoms with E-state index in [-0.39, 0.29) is 37.4 Å². The molecule has 2 aliphatic heterocycles. The van der Waals surface area contributed by atoms with Crippen LogP contribution in [0.5, 0.6) is 0 Å². The zero-order chi connectivity index (χ0) is 16.4. The van der Waals surface area contributed by atoms with Crippen LogP contribution < -0.4 is 10.6 Å². The lowest BCUT2D eigenvalue weighted by Crippen LogP contribution is -2.48. The number of halogens is 1. The first kappa shape index (κ1) is 16.2. The standard InChI is InChI=1S/C16H20ClN3O3/c17-11-3-1-4-12-15(11)16(23)20(9-19-12)8-10(21)7-13-14(22)5-2-6-18-13/h1,3-4,13-14,18-19,22H,2,5-9H2/t13-,14?/m1/s1. The molecule has 0 spiro atoms. The van der Waals surface area contributed by atoms with E-state index in [1.807, 2.05) is 0 Å². The number of nitrogens with zero attached hydrogens (tertiary/aromatic N) is 1. The van der Waals surface area contributed by atoms with E-state index in [2.05, 4.69) is 10.6 Å². The molecule has 6 nitrogen and oxygen atoms in total. The monoisotopic (exact) mass is 337 g/mol. The molecule has 0 aliphatic carbocycles. The second-order valence-corrected chi connectivity index (χ2v) is 6.42. The van der Waals surface area contributed by atoms with Crippen LogP contribution >= 0.6 is 11.6 Å². The Morgan fingerprint density at radius 2 is 2.26 bits per heavy atom. The van der Waals surface area contributed by atoms with E-state index in [1.54, 1.807) is 18.2 Å². The van der Waals surface area contributed by atoms with Gasteiger partial charge in [0.1, 0.15) is 0 Å². The molecule has 1 aromatic rings. The van der Waals surface area contributed by atoms with Crippen molar-refractivity contribution >= 4 is 29.0 Å². The SMILES string of the molecule is O=C(C[C@H]1NCCCC1O)CN1CNc2cccc(Cl)c2C1=O. The summed E-state index contributed by atoms with van der Waals surface area (Å²) in [5.74, 6) is -0.316. The summed E-state index contributed by atoms with van der Waals surface area (Å²) in [6.45, 7) is 1.10. The van der Waals surface area contributed by atoms with Crippen molar-refractivity contribution in [2.75, 3.05) is 25.1 Å². The fourth-order valence-corrected chi connectivity index (χ4v) is 3.35. The van der Waals surface area contributed by atoms with Gasteiger partial charge in [-0.15, -0.1) is 0 Å². The average molecular weight is 338 g/mol. The minimum Gasteiger partial charge on any atom is -0.391 e. The Morgan fingerprint density at radius 3 is 3.04 bits per heavy atom. The zero-order valence-corrected chi connectivity index (χ0v) is 13.5. The Kier molecular flexibility index (Phi) is 4.84. The first-order chi connectivity index (χ1) is 11.1. The van der Waals surface area contributed by atoms with Crippen molar-refractivity contribution in [1.82, 2.24) is 10.2 Å². The molecule has 0 radical (unpaired) electrons. The first-order valence-electron chi connectivity index (χ1n) is 7.81. The third-order valence-electron chi connectivity index (χ3n) is 4.34. The third kappa shape index (κ3) is 3.49. The molecule has 0 saturated carbocycles. The van der Waals surface area contributed by atoms with E-state index in [1.165, 1.54) is 4.90 Å². The molecule has 124 valence electrons. The van der Waals surface area contributed by atoms with Crippen molar-refractivity contribution < 1.29 is 14.7 Å². The molecule has 3 N–H and O–H groups in total. The number of piperidine rings is 1. The summed E-state index contributed by atoms with van der Waals surface area (Å²) in [4.78, 5) is 26.2. The predicted molar refractivity (Wildman–Crippen MR) is 87.6 cm³/mol. The highest BCUT2D eigenvalue weighted by Crippen LogP contribution is 2.28. The molecule has 1 unspecified atom stereocenters. The van der Waals surface area contributed by atoms with Crippen LogP contribution in [-0.2, 0) is 4.79 Å². The van der Waals surface area contributed by atoms with Crippen molar-refractivity contribution in [2.45, 2.75) is 31.4 Å². The topological polar surface area (TPSA) is 81.7 Å². The molecule has 1 aromatic carbocycles. The fourth-order valence-electron chi connectivity index (χ4n) is 3.09. The smallest absolute Gasteiger partial charge is 0.259 e. The van der Waals surface area contributed by atoms with Gasteiger partial charge in [0.15, 0.2) is 5.78 Å². The summed E-state index contributed by atoms with van der Waals surface area (Å²) < 4.78 is 0. The Hall–Kier alpha value is -1.63. The van der Waals surface area contributed by atoms with Gasteiger partial charge in [-0.05, 0) is 31.5 Å². The molecular weight excluding hydrogens is 318 g/mol. The van der Waals surface area contributed by atoms with Crippen molar-refractivity contribution in [3.8, 4) is 0 Å². The summed E-state index contributed by atoms with van der Waals surface area (Å²) in [6, 6.07) is 5.01. The lowest BCUT2D eigenvalue weighted by Gasteiger charge is -2.31. The number of fused-ring (bicyclic) bond motifs is 1. The normalized spacial score (nSPS) is 24.1. The molecule has 2 heterocycles. The fraction of sp³-hybridized carbons (Fsp3) is 0.500. The van der Waals surface area contributed by atoms with Gasteiger partial charge in [-0.25, -0.2) is 0 Å². The van der Waals surface area contributed by atoms with Gasteiger partial charge >= 0.3 is 0 Å². The minimum absolute atomic E-state index is 0.0153. The highest BCUT2D eigenvalue weighted by molar-refractivity contribution is 6.34. The molecule has 3 rings (SSSR count). The number of aliphatic hydroxyl groups is 1. The highest BCUT2D eigenvalue weighted by Gasteiger charge is 2.30. The van der Waals surface area contributed by atoms with Crippen molar-refractivity contribution in [3.63, 3.8) is 0 Å². The number of carbonyl (C=O) groups is 2. The summed E-state index contributed by atoms with van der Waals surface area (Å²) in [7, 11) is 0. The molecule has 1 amide bonds. The van der Waals surface area contributed by atoms with Crippen LogP contribution in [0.2, 0.25) is 5.02 Å². The largest absolute Gasteiger partial charge is 0.391 e. The van der Waals surface area contributed by atoms with Crippen molar-refractivity contribution in [1.29, 1.82) is 0 Å². The lowest BCUT2D eigenvalue weighted by molar-refractivity contribution is -0.121. The number of hydrogen-bond donors (Lipinski definition) is 3. The number of Topliss-reactive ketones (excluding diaryl/α,β-unsaturated/α-hetero) is 1. The van der Waals surface area contributed by atoms with Gasteiger partial charge in [-0.1, -0.05) is 17.7 Å². The van der Waals surface area contributed by atoms with E-state index in [0.717, 1.165) is 13.0 Å². The van der Waals surface area contributed by atoms with Crippen LogP contribution in [0.4, 0.5) is 5.69 Å². The number of ketones is 1. The first-order valence-corrected chi connectivity index (χ1v) is 8.19. The average Bonchev–Trinajstić information content (AvgIpc) is 2.52. The number of aliphatic hydroxyl groups excluding tert-OH is 1. The zero-order valence-electron chi connectivity index (χ0n) is 12.7. The van der Waals surface area contributed by atoms with Gasteiger partial charge in [0.05, 0.1) is 29.9 Å². The summed E-state index contributed by atoms with van der Waals surface area (Å²) >= 11 is 6.10. The summed E-state index contributed by atoms with van der Waals surface area (Å²) in [5.41, 5.74) is 1.10. The Bertz CT molecular complexity index is 623. The quantitative estimate of drug-likeness (QED) is 0.770. The van der Waals surface area contributed by atoms with Crippen molar-refractivity contribution in [2.24, 2.45) is 0 Å². The number of nitrogens with one attached hydrogen (secondary N) is 2. The molecular formula is C16H20ClN3O3. The number of anilines is 1. The van der Waals surface area contributed by atoms with Gasteiger partial charge in [0, 0.05) is 18.2 Å². The maximum absolute atomic E-state index is 12.5. The van der Waals surface area contributed by atoms with Crippen LogP contribution in [-0.4, -0.2) is 53.6 Å². The Morgan fingerprint density at radius 1 is 1.43 bits per heavy atom. The van der Waals surface area contributed by atoms with Gasteiger partial charge in [-0.2, -0.15) is 0 Å². The Balaban J connectivity index is 1.63. The van der Waals surface area contributed by atoms with Gasteiger partial charge in [0.2, 0.25) is 0 Å². The van der Waals surface area contributed by atoms with Crippen LogP contribution in [0.15, 0.2) is 18.2 Å². The number of amides is 1. The van der Waals surface area contributed by atoms with E-state index in [4.69, 9.17) is 11.6 Å². The molecule has 1 fully saturated rings. The van der Waals surface area contributed by atoms with Crippen molar-refractivity contribution in [3.05, 3.63) is 28.8 Å². The lowest BCUT2D eigenvalue weighted by atomic mass is 9.96. The van der Waals surface area contributed by atoms with Crippen LogP contribution in [0.25, 0.3) is 0 Å². The van der Waals surface area contributed by atoms with E-state index < -0.39 is 6.10 Å². The molecule has 0 aromatic heterocycles. The predicted octanol–water partition coefficient (Wildman–Crippen LogP) is 1.24. The van der Waals surface area contributed by atoms with E-state index in [0.29, 0.717) is 22.7 Å². The second-order valence-electron chi connectivity index (χ2n) is 6.01. The number of benzene rings is 1. The van der Waals surface area contributed by atoms with Gasteiger partial charge in [0.25, 0.3) is 5.91 Å². The van der Waals surface area contributed by atoms with E-state index in [9.17, 15) is 14.7 Å². The van der Waals surface area contributed by atoms with Crippen LogP contribution in [0.3, 0.4) is 0 Å². The van der Waals surface area contributed by atoms with E-state index >= 15 is 0 Å². The van der Waals surface area contributed by atoms with Crippen LogP contribution in [0, 0.1) is 0 Å². The number of hydrogen-bond acceptors (Lipinski definition) is 5. The molecule has 2 atom stereocenters. The number of rotatable bonds is 4. The maximum Gasteiger partial charge on any atom is 0.259 e. The van der Waals surface area contributed by atoms with Gasteiger partial charge in [-0.3, -0.25) is 9.59 Å². The maximum atomic E-state index is 12.5. The summed E-state index contributed by atoms with van der Waals surface area (Å²) in [5, 5.41) is 16.6. The molecule has 23 heavy (non-hydrogen) atoms. The Labute approximate surface area is 139 Å². The molecule has 7 heteroatoms. The highest BCUT2D eigenvalue weighted by atomic mass is 35.5. The van der Waals surface area contributed by atoms with Crippen LogP contribution in [0.1, 0.15) is 29.6 Å². The summed E-state index contributed by atoms with van der Waals surface area (Å²) in [6.07, 6.45) is 1.34. The van der Waals surface area contributed by atoms with Gasteiger partial charge < -0.3 is 20.6 Å². The molecule has 2 aliphatic rings.